The molecule has 3 aromatic rings. The molecule has 0 saturated carbocycles. The Morgan fingerprint density at radius 3 is 2.47 bits per heavy atom. The fraction of sp³-hybridized carbons (Fsp3) is 0. The molecule has 0 aliphatic rings. The SMILES string of the molecule is c1cc(-c2nc(-c3ccnnc3)n[nH]2)ccn1. The quantitative estimate of drug-likeness (QED) is 0.710. The molecule has 0 aromatic carbocycles. The third kappa shape index (κ3) is 1.87. The summed E-state index contributed by atoms with van der Waals surface area (Å²) >= 11 is 0. The van der Waals surface area contributed by atoms with Gasteiger partial charge in [-0.15, -0.1) is 0 Å². The maximum Gasteiger partial charge on any atom is 0.183 e. The van der Waals surface area contributed by atoms with Crippen LogP contribution in [0.25, 0.3) is 22.8 Å². The zero-order valence-electron chi connectivity index (χ0n) is 8.78. The first-order valence-electron chi connectivity index (χ1n) is 5.03. The maximum atomic E-state index is 4.39. The van der Waals surface area contributed by atoms with Gasteiger partial charge < -0.3 is 0 Å². The molecule has 0 atom stereocenters. The summed E-state index contributed by atoms with van der Waals surface area (Å²) in [5.74, 6) is 1.31. The Morgan fingerprint density at radius 1 is 0.882 bits per heavy atom. The van der Waals surface area contributed by atoms with Crippen LogP contribution in [0.2, 0.25) is 0 Å². The van der Waals surface area contributed by atoms with Gasteiger partial charge in [-0.2, -0.15) is 15.3 Å². The first-order chi connectivity index (χ1) is 8.43. The molecule has 0 bridgehead atoms. The Bertz CT molecular complexity index is 550. The molecule has 1 N–H and O–H groups in total. The number of aromatic nitrogens is 6. The second-order valence-electron chi connectivity index (χ2n) is 3.37. The van der Waals surface area contributed by atoms with Crippen molar-refractivity contribution in [2.75, 3.05) is 0 Å². The molecule has 82 valence electrons. The molecule has 6 heteroatoms. The van der Waals surface area contributed by atoms with Crippen LogP contribution in [0.15, 0.2) is 43.0 Å². The highest BCUT2D eigenvalue weighted by Crippen LogP contribution is 2.17. The Kier molecular flexibility index (Phi) is 2.31. The van der Waals surface area contributed by atoms with Gasteiger partial charge in [-0.05, 0) is 18.2 Å². The number of pyridine rings is 1. The van der Waals surface area contributed by atoms with Crippen LogP contribution in [0.1, 0.15) is 0 Å². The Morgan fingerprint density at radius 2 is 1.71 bits per heavy atom. The lowest BCUT2D eigenvalue weighted by molar-refractivity contribution is 1.02. The van der Waals surface area contributed by atoms with E-state index in [-0.39, 0.29) is 0 Å². The van der Waals surface area contributed by atoms with Gasteiger partial charge in [0.05, 0.1) is 12.4 Å². The van der Waals surface area contributed by atoms with Crippen molar-refractivity contribution in [3.8, 4) is 22.8 Å². The van der Waals surface area contributed by atoms with Crippen molar-refractivity contribution in [2.45, 2.75) is 0 Å². The lowest BCUT2D eigenvalue weighted by Gasteiger charge is -1.92. The third-order valence-corrected chi connectivity index (χ3v) is 2.28. The van der Waals surface area contributed by atoms with E-state index in [1.54, 1.807) is 24.8 Å². The predicted octanol–water partition coefficient (Wildman–Crippen LogP) is 1.32. The van der Waals surface area contributed by atoms with E-state index in [1.807, 2.05) is 18.2 Å². The molecular formula is C11H8N6. The molecule has 0 saturated heterocycles. The molecule has 0 aliphatic heterocycles. The zero-order valence-corrected chi connectivity index (χ0v) is 8.78. The van der Waals surface area contributed by atoms with Crippen LogP contribution in [0.3, 0.4) is 0 Å². The average molecular weight is 224 g/mol. The normalized spacial score (nSPS) is 10.4. The fourth-order valence-electron chi connectivity index (χ4n) is 1.45. The van der Waals surface area contributed by atoms with Gasteiger partial charge in [0.25, 0.3) is 0 Å². The Balaban J connectivity index is 1.99. The van der Waals surface area contributed by atoms with Gasteiger partial charge in [0.1, 0.15) is 0 Å². The fourth-order valence-corrected chi connectivity index (χ4v) is 1.45. The van der Waals surface area contributed by atoms with E-state index in [9.17, 15) is 0 Å². The van der Waals surface area contributed by atoms with Crippen molar-refractivity contribution < 1.29 is 0 Å². The van der Waals surface area contributed by atoms with Gasteiger partial charge in [-0.1, -0.05) is 0 Å². The van der Waals surface area contributed by atoms with E-state index in [2.05, 4.69) is 30.4 Å². The third-order valence-electron chi connectivity index (χ3n) is 2.28. The molecule has 0 spiro atoms. The molecule has 0 fully saturated rings. The van der Waals surface area contributed by atoms with Gasteiger partial charge in [0.15, 0.2) is 11.6 Å². The summed E-state index contributed by atoms with van der Waals surface area (Å²) in [6.45, 7) is 0. The molecular weight excluding hydrogens is 216 g/mol. The molecule has 0 unspecified atom stereocenters. The Hall–Kier alpha value is -2.63. The summed E-state index contributed by atoms with van der Waals surface area (Å²) in [5.41, 5.74) is 1.78. The van der Waals surface area contributed by atoms with E-state index >= 15 is 0 Å². The van der Waals surface area contributed by atoms with Gasteiger partial charge in [0, 0.05) is 23.5 Å². The van der Waals surface area contributed by atoms with Crippen molar-refractivity contribution in [2.24, 2.45) is 0 Å². The van der Waals surface area contributed by atoms with E-state index in [0.717, 1.165) is 11.1 Å². The van der Waals surface area contributed by atoms with E-state index in [0.29, 0.717) is 11.6 Å². The minimum Gasteiger partial charge on any atom is -0.265 e. The van der Waals surface area contributed by atoms with Crippen LogP contribution in [-0.4, -0.2) is 30.4 Å². The number of rotatable bonds is 2. The molecule has 3 heterocycles. The predicted molar refractivity (Wildman–Crippen MR) is 60.6 cm³/mol. The minimum atomic E-state index is 0.603. The van der Waals surface area contributed by atoms with E-state index in [4.69, 9.17) is 0 Å². The minimum absolute atomic E-state index is 0.603. The lowest BCUT2D eigenvalue weighted by Crippen LogP contribution is -1.84. The number of hydrogen-bond acceptors (Lipinski definition) is 5. The highest BCUT2D eigenvalue weighted by molar-refractivity contribution is 5.59. The lowest BCUT2D eigenvalue weighted by atomic mass is 10.2. The van der Waals surface area contributed by atoms with Gasteiger partial charge in [-0.3, -0.25) is 10.1 Å². The molecule has 0 aliphatic carbocycles. The number of hydrogen-bond donors (Lipinski definition) is 1. The van der Waals surface area contributed by atoms with Crippen molar-refractivity contribution in [1.29, 1.82) is 0 Å². The Labute approximate surface area is 96.8 Å². The van der Waals surface area contributed by atoms with Crippen LogP contribution in [-0.2, 0) is 0 Å². The van der Waals surface area contributed by atoms with Crippen LogP contribution in [0.4, 0.5) is 0 Å². The van der Waals surface area contributed by atoms with Crippen LogP contribution in [0.5, 0.6) is 0 Å². The van der Waals surface area contributed by atoms with Crippen LogP contribution < -0.4 is 0 Å². The maximum absolute atomic E-state index is 4.39. The first-order valence-corrected chi connectivity index (χ1v) is 5.03. The topological polar surface area (TPSA) is 80.2 Å². The van der Waals surface area contributed by atoms with Gasteiger partial charge >= 0.3 is 0 Å². The van der Waals surface area contributed by atoms with Crippen LogP contribution >= 0.6 is 0 Å². The summed E-state index contributed by atoms with van der Waals surface area (Å²) in [6, 6.07) is 5.55. The standard InChI is InChI=1S/C11H8N6/c1-4-12-5-2-8(1)10-15-11(17-16-10)9-3-6-13-14-7-9/h1-7H,(H,15,16,17). The second-order valence-corrected chi connectivity index (χ2v) is 3.37. The van der Waals surface area contributed by atoms with Crippen molar-refractivity contribution in [3.63, 3.8) is 0 Å². The summed E-state index contributed by atoms with van der Waals surface area (Å²) in [6.07, 6.45) is 6.66. The number of nitrogens with zero attached hydrogens (tertiary/aromatic N) is 5. The first kappa shape index (κ1) is 9.59. The van der Waals surface area contributed by atoms with Crippen LogP contribution in [0, 0.1) is 0 Å². The molecule has 3 rings (SSSR count). The molecule has 17 heavy (non-hydrogen) atoms. The van der Waals surface area contributed by atoms with Gasteiger partial charge in [-0.25, -0.2) is 4.98 Å². The molecule has 0 amide bonds. The van der Waals surface area contributed by atoms with E-state index in [1.165, 1.54) is 0 Å². The number of aromatic amines is 1. The highest BCUT2D eigenvalue weighted by Gasteiger charge is 2.07. The van der Waals surface area contributed by atoms with Gasteiger partial charge in [0.2, 0.25) is 0 Å². The molecule has 3 aromatic heterocycles. The number of nitrogens with one attached hydrogen (secondary N) is 1. The van der Waals surface area contributed by atoms with E-state index < -0.39 is 0 Å². The number of H-pyrrole nitrogens is 1. The van der Waals surface area contributed by atoms with Crippen molar-refractivity contribution in [3.05, 3.63) is 43.0 Å². The largest absolute Gasteiger partial charge is 0.265 e. The summed E-state index contributed by atoms with van der Waals surface area (Å²) < 4.78 is 0. The van der Waals surface area contributed by atoms with Crippen molar-refractivity contribution >= 4 is 0 Å². The highest BCUT2D eigenvalue weighted by atomic mass is 15.2. The zero-order chi connectivity index (χ0) is 11.5. The summed E-state index contributed by atoms with van der Waals surface area (Å²) in [7, 11) is 0. The molecule has 6 nitrogen and oxygen atoms in total. The second kappa shape index (κ2) is 4.09. The summed E-state index contributed by atoms with van der Waals surface area (Å²) in [5, 5.41) is 14.5. The van der Waals surface area contributed by atoms with Crippen molar-refractivity contribution in [1.82, 2.24) is 30.4 Å². The monoisotopic (exact) mass is 224 g/mol. The molecule has 0 radical (unpaired) electrons. The summed E-state index contributed by atoms with van der Waals surface area (Å²) in [4.78, 5) is 8.34. The average Bonchev–Trinajstić information content (AvgIpc) is 2.90. The smallest absolute Gasteiger partial charge is 0.183 e.